The van der Waals surface area contributed by atoms with E-state index in [1.807, 2.05) is 11.0 Å². The summed E-state index contributed by atoms with van der Waals surface area (Å²) in [5.41, 5.74) is 0. The van der Waals surface area contributed by atoms with Gasteiger partial charge in [-0.1, -0.05) is 6.92 Å². The van der Waals surface area contributed by atoms with Crippen molar-refractivity contribution in [2.75, 3.05) is 26.2 Å². The van der Waals surface area contributed by atoms with E-state index in [0.29, 0.717) is 10.8 Å². The van der Waals surface area contributed by atoms with E-state index in [0.717, 1.165) is 49.1 Å². The molecule has 0 radical (unpaired) electrons. The number of carbonyl (C=O) groups excluding carboxylic acids is 1. The molecule has 1 aliphatic heterocycles. The number of thiophene rings is 1. The lowest BCUT2D eigenvalue weighted by Crippen LogP contribution is -2.40. The predicted octanol–water partition coefficient (Wildman–Crippen LogP) is 3.92. The Hall–Kier alpha value is -1.17. The van der Waals surface area contributed by atoms with Crippen molar-refractivity contribution in [3.8, 4) is 0 Å². The van der Waals surface area contributed by atoms with Crippen molar-refractivity contribution in [2.45, 2.75) is 19.8 Å². The Kier molecular flexibility index (Phi) is 6.39. The Morgan fingerprint density at radius 3 is 2.78 bits per heavy atom. The third-order valence-corrected chi connectivity index (χ3v) is 5.38. The van der Waals surface area contributed by atoms with Crippen molar-refractivity contribution in [3.05, 3.63) is 35.0 Å². The van der Waals surface area contributed by atoms with Gasteiger partial charge in [0.15, 0.2) is 0 Å². The molecule has 1 N–H and O–H groups in total. The van der Waals surface area contributed by atoms with Crippen molar-refractivity contribution in [2.24, 2.45) is 5.92 Å². The first-order valence-electron chi connectivity index (χ1n) is 7.86. The maximum absolute atomic E-state index is 13.2. The van der Waals surface area contributed by atoms with Crippen LogP contribution in [0.5, 0.6) is 0 Å². The zero-order valence-electron chi connectivity index (χ0n) is 13.2. The van der Waals surface area contributed by atoms with Crippen LogP contribution in [-0.2, 0) is 0 Å². The number of benzene rings is 1. The molecule has 1 amide bonds. The molecule has 1 saturated heterocycles. The van der Waals surface area contributed by atoms with Gasteiger partial charge in [0.25, 0.3) is 5.91 Å². The third-order valence-electron chi connectivity index (χ3n) is 4.27. The first-order valence-corrected chi connectivity index (χ1v) is 8.68. The minimum atomic E-state index is -0.256. The van der Waals surface area contributed by atoms with Gasteiger partial charge in [0.1, 0.15) is 5.82 Å². The van der Waals surface area contributed by atoms with Gasteiger partial charge < -0.3 is 10.2 Å². The maximum atomic E-state index is 13.2. The van der Waals surface area contributed by atoms with Gasteiger partial charge in [-0.05, 0) is 61.5 Å². The number of hydrogen-bond acceptors (Lipinski definition) is 3. The molecule has 0 saturated carbocycles. The summed E-state index contributed by atoms with van der Waals surface area (Å²) in [5.74, 6) is 0.498. The van der Waals surface area contributed by atoms with Crippen LogP contribution in [0.2, 0.25) is 0 Å². The number of likely N-dealkylation sites (tertiary alicyclic amines) is 1. The van der Waals surface area contributed by atoms with Crippen LogP contribution in [0.1, 0.15) is 29.4 Å². The SMILES string of the molecule is CCNCC1CCN(C(=O)c2cc3cc(F)ccc3s2)CC1.Cl. The highest BCUT2D eigenvalue weighted by molar-refractivity contribution is 7.20. The maximum Gasteiger partial charge on any atom is 0.263 e. The van der Waals surface area contributed by atoms with E-state index in [1.165, 1.54) is 23.5 Å². The van der Waals surface area contributed by atoms with E-state index < -0.39 is 0 Å². The number of rotatable bonds is 4. The van der Waals surface area contributed by atoms with Gasteiger partial charge >= 0.3 is 0 Å². The Labute approximate surface area is 146 Å². The second-order valence-electron chi connectivity index (χ2n) is 5.84. The van der Waals surface area contributed by atoms with Crippen LogP contribution in [0.15, 0.2) is 24.3 Å². The van der Waals surface area contributed by atoms with Crippen LogP contribution in [-0.4, -0.2) is 37.0 Å². The number of fused-ring (bicyclic) bond motifs is 1. The molecule has 0 bridgehead atoms. The van der Waals surface area contributed by atoms with Crippen LogP contribution in [0.4, 0.5) is 4.39 Å². The molecule has 3 rings (SSSR count). The van der Waals surface area contributed by atoms with Gasteiger partial charge in [-0.25, -0.2) is 4.39 Å². The number of halogens is 2. The molecule has 0 aliphatic carbocycles. The van der Waals surface area contributed by atoms with E-state index in [9.17, 15) is 9.18 Å². The van der Waals surface area contributed by atoms with E-state index in [2.05, 4.69) is 12.2 Å². The van der Waals surface area contributed by atoms with Crippen molar-refractivity contribution < 1.29 is 9.18 Å². The van der Waals surface area contributed by atoms with Crippen molar-refractivity contribution in [3.63, 3.8) is 0 Å². The summed E-state index contributed by atoms with van der Waals surface area (Å²) in [5, 5.41) is 4.20. The molecule has 3 nitrogen and oxygen atoms in total. The Morgan fingerprint density at radius 2 is 2.09 bits per heavy atom. The summed E-state index contributed by atoms with van der Waals surface area (Å²) in [4.78, 5) is 15.2. The number of carbonyl (C=O) groups is 1. The van der Waals surface area contributed by atoms with Gasteiger partial charge in [0.2, 0.25) is 0 Å². The van der Waals surface area contributed by atoms with Crippen molar-refractivity contribution in [1.29, 1.82) is 0 Å². The van der Waals surface area contributed by atoms with Crippen LogP contribution in [0.25, 0.3) is 10.1 Å². The van der Waals surface area contributed by atoms with Crippen LogP contribution in [0, 0.1) is 11.7 Å². The fraction of sp³-hybridized carbons (Fsp3) is 0.471. The molecule has 2 aromatic rings. The van der Waals surface area contributed by atoms with Gasteiger partial charge in [0, 0.05) is 17.8 Å². The summed E-state index contributed by atoms with van der Waals surface area (Å²) in [6, 6.07) is 6.50. The number of piperidine rings is 1. The lowest BCUT2D eigenvalue weighted by molar-refractivity contribution is 0.0695. The van der Waals surface area contributed by atoms with Gasteiger partial charge in [0.05, 0.1) is 4.88 Å². The van der Waals surface area contributed by atoms with Gasteiger partial charge in [-0.15, -0.1) is 23.7 Å². The number of nitrogens with one attached hydrogen (secondary N) is 1. The highest BCUT2D eigenvalue weighted by atomic mass is 35.5. The summed E-state index contributed by atoms with van der Waals surface area (Å²) in [6.45, 7) is 5.79. The summed E-state index contributed by atoms with van der Waals surface area (Å²) >= 11 is 1.45. The van der Waals surface area contributed by atoms with Crippen molar-refractivity contribution in [1.82, 2.24) is 10.2 Å². The zero-order valence-corrected chi connectivity index (χ0v) is 14.8. The van der Waals surface area contributed by atoms with Crippen LogP contribution in [0.3, 0.4) is 0 Å². The van der Waals surface area contributed by atoms with E-state index in [-0.39, 0.29) is 24.1 Å². The minimum absolute atomic E-state index is 0. The predicted molar refractivity (Wildman–Crippen MR) is 96.2 cm³/mol. The van der Waals surface area contributed by atoms with Crippen LogP contribution >= 0.6 is 23.7 Å². The minimum Gasteiger partial charge on any atom is -0.338 e. The van der Waals surface area contributed by atoms with E-state index in [1.54, 1.807) is 6.07 Å². The highest BCUT2D eigenvalue weighted by Gasteiger charge is 2.24. The molecule has 2 heterocycles. The van der Waals surface area contributed by atoms with E-state index in [4.69, 9.17) is 0 Å². The number of nitrogens with zero attached hydrogens (tertiary/aromatic N) is 1. The van der Waals surface area contributed by atoms with Gasteiger partial charge in [-0.2, -0.15) is 0 Å². The third kappa shape index (κ3) is 4.22. The summed E-state index contributed by atoms with van der Waals surface area (Å²) in [7, 11) is 0. The molecule has 126 valence electrons. The molecular weight excluding hydrogens is 335 g/mol. The lowest BCUT2D eigenvalue weighted by atomic mass is 9.96. The molecule has 0 atom stereocenters. The number of amides is 1. The molecule has 1 aromatic carbocycles. The van der Waals surface area contributed by atoms with Crippen molar-refractivity contribution >= 4 is 39.7 Å². The fourth-order valence-corrected chi connectivity index (χ4v) is 3.98. The summed E-state index contributed by atoms with van der Waals surface area (Å²) in [6.07, 6.45) is 2.11. The normalized spacial score (nSPS) is 15.7. The lowest BCUT2D eigenvalue weighted by Gasteiger charge is -2.31. The van der Waals surface area contributed by atoms with E-state index >= 15 is 0 Å². The average Bonchev–Trinajstić information content (AvgIpc) is 2.95. The number of hydrogen-bond donors (Lipinski definition) is 1. The molecule has 23 heavy (non-hydrogen) atoms. The first kappa shape index (κ1) is 18.2. The molecular formula is C17H22ClFN2OS. The van der Waals surface area contributed by atoms with Crippen LogP contribution < -0.4 is 5.32 Å². The Balaban J connectivity index is 0.00000192. The molecule has 1 aromatic heterocycles. The highest BCUT2D eigenvalue weighted by Crippen LogP contribution is 2.28. The summed E-state index contributed by atoms with van der Waals surface area (Å²) < 4.78 is 14.2. The smallest absolute Gasteiger partial charge is 0.263 e. The Bertz CT molecular complexity index is 668. The fourth-order valence-electron chi connectivity index (χ4n) is 2.96. The molecule has 6 heteroatoms. The molecule has 0 unspecified atom stereocenters. The monoisotopic (exact) mass is 356 g/mol. The molecule has 0 spiro atoms. The van der Waals surface area contributed by atoms with Gasteiger partial charge in [-0.3, -0.25) is 4.79 Å². The standard InChI is InChI=1S/C17H21FN2OS.ClH/c1-2-19-11-12-5-7-20(8-6-12)17(21)16-10-13-9-14(18)3-4-15(13)22-16;/h3-4,9-10,12,19H,2,5-8,11H2,1H3;1H. The second-order valence-corrected chi connectivity index (χ2v) is 6.92. The largest absolute Gasteiger partial charge is 0.338 e. The average molecular weight is 357 g/mol. The zero-order chi connectivity index (χ0) is 15.5. The molecule has 1 fully saturated rings. The topological polar surface area (TPSA) is 32.3 Å². The first-order chi connectivity index (χ1) is 10.7. The quantitative estimate of drug-likeness (QED) is 0.900. The molecule has 1 aliphatic rings. The second kappa shape index (κ2) is 8.08. The Morgan fingerprint density at radius 1 is 1.35 bits per heavy atom.